The van der Waals surface area contributed by atoms with Gasteiger partial charge >= 0.3 is 0 Å². The first-order valence-corrected chi connectivity index (χ1v) is 9.34. The largest absolute Gasteiger partial charge is 0.370 e. The molecule has 2 unspecified atom stereocenters. The van der Waals surface area contributed by atoms with E-state index in [0.717, 1.165) is 24.6 Å². The minimum Gasteiger partial charge on any atom is -0.370 e. The second kappa shape index (κ2) is 6.36. The molecule has 1 saturated heterocycles. The molecule has 1 aliphatic carbocycles. The normalized spacial score (nSPS) is 25.1. The van der Waals surface area contributed by atoms with Crippen molar-refractivity contribution < 1.29 is 9.53 Å². The topological polar surface area (TPSA) is 67.3 Å². The van der Waals surface area contributed by atoms with Gasteiger partial charge in [-0.05, 0) is 37.0 Å². The van der Waals surface area contributed by atoms with E-state index in [2.05, 4.69) is 39.5 Å². The molecule has 26 heavy (non-hydrogen) atoms. The number of anilines is 2. The number of carbonyl (C=O) groups excluding carboxylic acids is 1. The van der Waals surface area contributed by atoms with Crippen LogP contribution >= 0.6 is 0 Å². The van der Waals surface area contributed by atoms with E-state index in [1.165, 1.54) is 24.1 Å². The average molecular weight is 350 g/mol. The summed E-state index contributed by atoms with van der Waals surface area (Å²) >= 11 is 0. The Morgan fingerprint density at radius 2 is 2.12 bits per heavy atom. The first-order valence-electron chi connectivity index (χ1n) is 9.34. The highest BCUT2D eigenvalue weighted by molar-refractivity contribution is 5.78. The molecule has 1 aromatic heterocycles. The van der Waals surface area contributed by atoms with Gasteiger partial charge in [-0.15, -0.1) is 0 Å². The number of rotatable bonds is 4. The lowest BCUT2D eigenvalue weighted by molar-refractivity contribution is -0.131. The lowest BCUT2D eigenvalue weighted by atomic mass is 9.94. The van der Waals surface area contributed by atoms with Crippen LogP contribution in [0.3, 0.4) is 0 Å². The predicted molar refractivity (Wildman–Crippen MR) is 97.6 cm³/mol. The van der Waals surface area contributed by atoms with E-state index in [1.807, 2.05) is 12.3 Å². The molecule has 1 amide bonds. The summed E-state index contributed by atoms with van der Waals surface area (Å²) in [5, 5.41) is 3.05. The van der Waals surface area contributed by atoms with Crippen molar-refractivity contribution in [2.24, 2.45) is 0 Å². The summed E-state index contributed by atoms with van der Waals surface area (Å²) in [4.78, 5) is 23.2. The Morgan fingerprint density at radius 3 is 2.96 bits per heavy atom. The fraction of sp³-hybridized carbons (Fsp3) is 0.450. The molecule has 3 heterocycles. The van der Waals surface area contributed by atoms with E-state index < -0.39 is 0 Å². The first-order chi connectivity index (χ1) is 12.8. The summed E-state index contributed by atoms with van der Waals surface area (Å²) in [7, 11) is 0. The number of benzene rings is 1. The molecular weight excluding hydrogens is 328 g/mol. The molecule has 1 N–H and O–H groups in total. The molecule has 2 fully saturated rings. The molecule has 134 valence electrons. The number of hydrogen-bond donors (Lipinski definition) is 1. The fourth-order valence-electron chi connectivity index (χ4n) is 4.04. The van der Waals surface area contributed by atoms with Crippen molar-refractivity contribution in [3.8, 4) is 0 Å². The van der Waals surface area contributed by atoms with Gasteiger partial charge in [0.1, 0.15) is 18.2 Å². The lowest BCUT2D eigenvalue weighted by Crippen LogP contribution is -2.46. The van der Waals surface area contributed by atoms with Crippen LogP contribution in [-0.4, -0.2) is 41.7 Å². The second-order valence-corrected chi connectivity index (χ2v) is 7.43. The van der Waals surface area contributed by atoms with Crippen LogP contribution in [0, 0.1) is 0 Å². The zero-order chi connectivity index (χ0) is 17.5. The van der Waals surface area contributed by atoms with Gasteiger partial charge in [0, 0.05) is 30.3 Å². The molecule has 0 bridgehead atoms. The molecule has 2 atom stereocenters. The minimum atomic E-state index is -0.0192. The summed E-state index contributed by atoms with van der Waals surface area (Å²) in [5.41, 5.74) is 2.53. The zero-order valence-corrected chi connectivity index (χ0v) is 14.6. The zero-order valence-electron chi connectivity index (χ0n) is 14.6. The SMILES string of the molecule is O=C1COCC(CC2CN(c3ccnc(C4CC4)n3)c3ccccc32)N1. The third-order valence-electron chi connectivity index (χ3n) is 5.44. The van der Waals surface area contributed by atoms with Gasteiger partial charge in [0.2, 0.25) is 5.91 Å². The van der Waals surface area contributed by atoms with Gasteiger partial charge in [0.25, 0.3) is 0 Å². The maximum absolute atomic E-state index is 11.6. The standard InChI is InChI=1S/C20H22N4O2/c25-19-12-26-11-15(22-19)9-14-10-24(17-4-2-1-3-16(14)17)18-7-8-21-20(23-18)13-5-6-13/h1-4,7-8,13-15H,5-6,9-12H2,(H,22,25). The Kier molecular flexibility index (Phi) is 3.85. The molecule has 1 aromatic carbocycles. The van der Waals surface area contributed by atoms with Crippen LogP contribution in [-0.2, 0) is 9.53 Å². The van der Waals surface area contributed by atoms with Gasteiger partial charge in [0.05, 0.1) is 12.6 Å². The number of ether oxygens (including phenoxy) is 1. The van der Waals surface area contributed by atoms with Crippen molar-refractivity contribution >= 4 is 17.4 Å². The van der Waals surface area contributed by atoms with Gasteiger partial charge in [-0.25, -0.2) is 9.97 Å². The Hall–Kier alpha value is -2.47. The summed E-state index contributed by atoms with van der Waals surface area (Å²) < 4.78 is 5.41. The number of morpholine rings is 1. The number of nitrogens with one attached hydrogen (secondary N) is 1. The maximum Gasteiger partial charge on any atom is 0.246 e. The van der Waals surface area contributed by atoms with Crippen LogP contribution in [0.1, 0.15) is 42.5 Å². The molecule has 2 aromatic rings. The molecule has 2 aliphatic heterocycles. The van der Waals surface area contributed by atoms with Crippen molar-refractivity contribution in [1.82, 2.24) is 15.3 Å². The highest BCUT2D eigenvalue weighted by Gasteiger charge is 2.34. The predicted octanol–water partition coefficient (Wildman–Crippen LogP) is 2.49. The van der Waals surface area contributed by atoms with Crippen LogP contribution in [0.5, 0.6) is 0 Å². The molecule has 3 aliphatic rings. The molecule has 0 radical (unpaired) electrons. The molecule has 5 rings (SSSR count). The minimum absolute atomic E-state index is 0.0192. The quantitative estimate of drug-likeness (QED) is 0.918. The van der Waals surface area contributed by atoms with Crippen LogP contribution in [0.25, 0.3) is 0 Å². The Morgan fingerprint density at radius 1 is 1.23 bits per heavy atom. The molecule has 0 spiro atoms. The van der Waals surface area contributed by atoms with E-state index in [0.29, 0.717) is 18.4 Å². The Balaban J connectivity index is 1.41. The van der Waals surface area contributed by atoms with E-state index in [4.69, 9.17) is 9.72 Å². The summed E-state index contributed by atoms with van der Waals surface area (Å²) in [6.07, 6.45) is 5.15. The van der Waals surface area contributed by atoms with Gasteiger partial charge in [-0.2, -0.15) is 0 Å². The van der Waals surface area contributed by atoms with Crippen molar-refractivity contribution in [2.75, 3.05) is 24.7 Å². The van der Waals surface area contributed by atoms with Crippen molar-refractivity contribution in [1.29, 1.82) is 0 Å². The highest BCUT2D eigenvalue weighted by atomic mass is 16.5. The smallest absolute Gasteiger partial charge is 0.246 e. The van der Waals surface area contributed by atoms with Gasteiger partial charge in [0.15, 0.2) is 0 Å². The fourth-order valence-corrected chi connectivity index (χ4v) is 4.04. The summed E-state index contributed by atoms with van der Waals surface area (Å²) in [6.45, 7) is 1.63. The van der Waals surface area contributed by atoms with Crippen LogP contribution in [0.2, 0.25) is 0 Å². The monoisotopic (exact) mass is 350 g/mol. The average Bonchev–Trinajstić information content (AvgIpc) is 3.45. The van der Waals surface area contributed by atoms with Crippen LogP contribution in [0.4, 0.5) is 11.5 Å². The lowest BCUT2D eigenvalue weighted by Gasteiger charge is -2.26. The van der Waals surface area contributed by atoms with Crippen LogP contribution in [0.15, 0.2) is 36.5 Å². The van der Waals surface area contributed by atoms with Crippen molar-refractivity contribution in [2.45, 2.75) is 37.1 Å². The molecule has 6 nitrogen and oxygen atoms in total. The number of carbonyl (C=O) groups is 1. The van der Waals surface area contributed by atoms with E-state index in [-0.39, 0.29) is 18.6 Å². The first kappa shape index (κ1) is 15.8. The summed E-state index contributed by atoms with van der Waals surface area (Å²) in [6, 6.07) is 10.6. The van der Waals surface area contributed by atoms with Gasteiger partial charge in [-0.1, -0.05) is 18.2 Å². The number of amides is 1. The number of nitrogens with zero attached hydrogens (tertiary/aromatic N) is 3. The number of aromatic nitrogens is 2. The van der Waals surface area contributed by atoms with E-state index in [1.54, 1.807) is 0 Å². The third kappa shape index (κ3) is 2.94. The number of para-hydroxylation sites is 1. The molecule has 6 heteroatoms. The second-order valence-electron chi connectivity index (χ2n) is 7.43. The summed E-state index contributed by atoms with van der Waals surface area (Å²) in [5.74, 6) is 2.81. The van der Waals surface area contributed by atoms with E-state index in [9.17, 15) is 4.79 Å². The van der Waals surface area contributed by atoms with Gasteiger partial charge < -0.3 is 15.0 Å². The maximum atomic E-state index is 11.6. The van der Waals surface area contributed by atoms with Crippen molar-refractivity contribution in [3.05, 3.63) is 47.9 Å². The van der Waals surface area contributed by atoms with Crippen LogP contribution < -0.4 is 10.2 Å². The Labute approximate surface area is 152 Å². The van der Waals surface area contributed by atoms with Crippen molar-refractivity contribution in [3.63, 3.8) is 0 Å². The Bertz CT molecular complexity index is 836. The number of hydrogen-bond acceptors (Lipinski definition) is 5. The number of fused-ring (bicyclic) bond motifs is 1. The van der Waals surface area contributed by atoms with Gasteiger partial charge in [-0.3, -0.25) is 4.79 Å². The molecule has 1 saturated carbocycles. The highest BCUT2D eigenvalue weighted by Crippen LogP contribution is 2.43. The third-order valence-corrected chi connectivity index (χ3v) is 5.44. The molecular formula is C20H22N4O2. The van der Waals surface area contributed by atoms with E-state index >= 15 is 0 Å².